The molecular weight excluding hydrogens is 174 g/mol. The summed E-state index contributed by atoms with van der Waals surface area (Å²) in [6, 6.07) is -0.459. The summed E-state index contributed by atoms with van der Waals surface area (Å²) in [5.41, 5.74) is 5.27. The Morgan fingerprint density at radius 2 is 2.23 bits per heavy atom. The Hall–Kier alpha value is -0.220. The van der Waals surface area contributed by atoms with Crippen LogP contribution in [0.15, 0.2) is 0 Å². The first-order chi connectivity index (χ1) is 6.11. The van der Waals surface area contributed by atoms with Crippen molar-refractivity contribution in [2.24, 2.45) is 5.73 Å². The minimum atomic E-state index is -2.37. The van der Waals surface area contributed by atoms with Gasteiger partial charge < -0.3 is 10.6 Å². The predicted octanol–water partition coefficient (Wildman–Crippen LogP) is 1.45. The van der Waals surface area contributed by atoms with E-state index in [-0.39, 0.29) is 0 Å². The van der Waals surface area contributed by atoms with E-state index in [0.717, 1.165) is 19.4 Å². The van der Waals surface area contributed by atoms with Crippen molar-refractivity contribution >= 4 is 0 Å². The Kier molecular flexibility index (Phi) is 4.06. The highest BCUT2D eigenvalue weighted by Crippen LogP contribution is 2.20. The van der Waals surface area contributed by atoms with E-state index >= 15 is 0 Å². The summed E-state index contributed by atoms with van der Waals surface area (Å²) in [6.07, 6.45) is 1.19. The molecule has 1 heterocycles. The summed E-state index contributed by atoms with van der Waals surface area (Å²) in [5, 5.41) is 0. The maximum Gasteiger partial charge on any atom is 0.253 e. The average molecular weight is 192 g/mol. The highest BCUT2D eigenvalue weighted by molar-refractivity contribution is 4.78. The molecule has 0 amide bonds. The van der Waals surface area contributed by atoms with Crippen LogP contribution in [0.25, 0.3) is 0 Å². The zero-order chi connectivity index (χ0) is 9.84. The fourth-order valence-corrected chi connectivity index (χ4v) is 1.85. The molecule has 0 aromatic carbocycles. The quantitative estimate of drug-likeness (QED) is 0.730. The predicted molar refractivity (Wildman–Crippen MR) is 48.9 cm³/mol. The third kappa shape index (κ3) is 3.19. The molecule has 78 valence electrons. The molecule has 2 unspecified atom stereocenters. The van der Waals surface area contributed by atoms with Crippen molar-refractivity contribution in [3.63, 3.8) is 0 Å². The average Bonchev–Trinajstić information content (AvgIpc) is 2.47. The van der Waals surface area contributed by atoms with Crippen LogP contribution in [0, 0.1) is 0 Å². The Morgan fingerprint density at radius 1 is 1.54 bits per heavy atom. The van der Waals surface area contributed by atoms with E-state index in [1.807, 2.05) is 7.05 Å². The first-order valence-corrected chi connectivity index (χ1v) is 4.85. The maximum absolute atomic E-state index is 12.1. The van der Waals surface area contributed by atoms with E-state index in [0.29, 0.717) is 12.5 Å². The van der Waals surface area contributed by atoms with Gasteiger partial charge in [0.15, 0.2) is 0 Å². The molecule has 13 heavy (non-hydrogen) atoms. The summed E-state index contributed by atoms with van der Waals surface area (Å²) >= 11 is 0. The van der Waals surface area contributed by atoms with Crippen LogP contribution in [-0.2, 0) is 0 Å². The van der Waals surface area contributed by atoms with Crippen LogP contribution >= 0.6 is 0 Å². The molecule has 2 nitrogen and oxygen atoms in total. The van der Waals surface area contributed by atoms with Gasteiger partial charge in [-0.2, -0.15) is 0 Å². The monoisotopic (exact) mass is 192 g/mol. The fourth-order valence-electron chi connectivity index (χ4n) is 1.85. The van der Waals surface area contributed by atoms with Gasteiger partial charge in [0.1, 0.15) is 0 Å². The van der Waals surface area contributed by atoms with Crippen molar-refractivity contribution in [3.8, 4) is 0 Å². The minimum absolute atomic E-state index is 0.437. The number of nitrogens with two attached hydrogens (primary N) is 1. The second-order valence-electron chi connectivity index (χ2n) is 3.85. The molecule has 0 saturated carbocycles. The van der Waals surface area contributed by atoms with E-state index in [2.05, 4.69) is 4.90 Å². The van der Waals surface area contributed by atoms with Crippen LogP contribution in [0.5, 0.6) is 0 Å². The summed E-state index contributed by atoms with van der Waals surface area (Å²) in [4.78, 5) is 2.23. The van der Waals surface area contributed by atoms with Gasteiger partial charge in [-0.05, 0) is 39.3 Å². The van der Waals surface area contributed by atoms with Gasteiger partial charge in [0.2, 0.25) is 0 Å². The van der Waals surface area contributed by atoms with Gasteiger partial charge in [-0.3, -0.25) is 0 Å². The van der Waals surface area contributed by atoms with Crippen LogP contribution < -0.4 is 5.73 Å². The summed E-state index contributed by atoms with van der Waals surface area (Å²) in [5.74, 6) is 0. The highest BCUT2D eigenvalue weighted by atomic mass is 19.3. The summed E-state index contributed by atoms with van der Waals surface area (Å²) in [6.45, 7) is 1.09. The van der Waals surface area contributed by atoms with Crippen LogP contribution in [0.4, 0.5) is 8.78 Å². The van der Waals surface area contributed by atoms with E-state index in [4.69, 9.17) is 5.73 Å². The number of hydrogen-bond acceptors (Lipinski definition) is 2. The molecule has 4 heteroatoms. The van der Waals surface area contributed by atoms with Gasteiger partial charge in [0.05, 0.1) is 6.04 Å². The SMILES string of the molecule is CN1CCCC1CCC(N)C(F)F. The molecule has 0 radical (unpaired) electrons. The number of rotatable bonds is 4. The smallest absolute Gasteiger partial charge is 0.253 e. The fraction of sp³-hybridized carbons (Fsp3) is 1.00. The van der Waals surface area contributed by atoms with Crippen molar-refractivity contribution < 1.29 is 8.78 Å². The van der Waals surface area contributed by atoms with Crippen molar-refractivity contribution in [1.82, 2.24) is 4.90 Å². The first kappa shape index (κ1) is 10.9. The van der Waals surface area contributed by atoms with E-state index in [1.165, 1.54) is 6.42 Å². The molecule has 1 saturated heterocycles. The Bertz CT molecular complexity index is 153. The molecule has 1 rings (SSSR count). The lowest BCUT2D eigenvalue weighted by Gasteiger charge is -2.20. The van der Waals surface area contributed by atoms with Gasteiger partial charge >= 0.3 is 0 Å². The molecule has 1 fully saturated rings. The molecule has 0 spiro atoms. The van der Waals surface area contributed by atoms with Gasteiger partial charge in [-0.25, -0.2) is 8.78 Å². The zero-order valence-corrected chi connectivity index (χ0v) is 8.05. The Morgan fingerprint density at radius 3 is 2.69 bits per heavy atom. The largest absolute Gasteiger partial charge is 0.323 e. The lowest BCUT2D eigenvalue weighted by molar-refractivity contribution is 0.107. The number of hydrogen-bond donors (Lipinski definition) is 1. The highest BCUT2D eigenvalue weighted by Gasteiger charge is 2.23. The third-order valence-corrected chi connectivity index (χ3v) is 2.83. The van der Waals surface area contributed by atoms with Gasteiger partial charge in [-0.1, -0.05) is 0 Å². The van der Waals surface area contributed by atoms with Gasteiger partial charge in [0, 0.05) is 6.04 Å². The van der Waals surface area contributed by atoms with Gasteiger partial charge in [0.25, 0.3) is 6.43 Å². The molecule has 2 N–H and O–H groups in total. The molecule has 0 aliphatic carbocycles. The zero-order valence-electron chi connectivity index (χ0n) is 8.05. The van der Waals surface area contributed by atoms with Crippen molar-refractivity contribution in [1.29, 1.82) is 0 Å². The van der Waals surface area contributed by atoms with Crippen LogP contribution in [-0.4, -0.2) is 37.0 Å². The molecule has 1 aliphatic rings. The van der Waals surface area contributed by atoms with E-state index in [9.17, 15) is 8.78 Å². The number of alkyl halides is 2. The number of nitrogens with zero attached hydrogens (tertiary/aromatic N) is 1. The lowest BCUT2D eigenvalue weighted by Crippen LogP contribution is -2.32. The summed E-state index contributed by atoms with van der Waals surface area (Å²) < 4.78 is 24.1. The number of halogens is 2. The van der Waals surface area contributed by atoms with E-state index < -0.39 is 12.5 Å². The second kappa shape index (κ2) is 4.86. The first-order valence-electron chi connectivity index (χ1n) is 4.85. The van der Waals surface area contributed by atoms with Crippen molar-refractivity contribution in [2.75, 3.05) is 13.6 Å². The Balaban J connectivity index is 2.18. The third-order valence-electron chi connectivity index (χ3n) is 2.83. The maximum atomic E-state index is 12.1. The van der Waals surface area contributed by atoms with Gasteiger partial charge in [-0.15, -0.1) is 0 Å². The minimum Gasteiger partial charge on any atom is -0.323 e. The molecule has 0 bridgehead atoms. The van der Waals surface area contributed by atoms with Crippen LogP contribution in [0.3, 0.4) is 0 Å². The Labute approximate surface area is 78.1 Å². The number of likely N-dealkylation sites (tertiary alicyclic amines) is 1. The summed E-state index contributed by atoms with van der Waals surface area (Å²) in [7, 11) is 2.05. The molecule has 1 aliphatic heterocycles. The van der Waals surface area contributed by atoms with Crippen LogP contribution in [0.1, 0.15) is 25.7 Å². The lowest BCUT2D eigenvalue weighted by atomic mass is 10.1. The van der Waals surface area contributed by atoms with Crippen LogP contribution in [0.2, 0.25) is 0 Å². The van der Waals surface area contributed by atoms with E-state index in [1.54, 1.807) is 0 Å². The normalized spacial score (nSPS) is 27.0. The molecule has 0 aromatic rings. The van der Waals surface area contributed by atoms with Crippen molar-refractivity contribution in [2.45, 2.75) is 44.2 Å². The molecular formula is C9H18F2N2. The molecule has 2 atom stereocenters. The topological polar surface area (TPSA) is 29.3 Å². The molecule has 0 aromatic heterocycles. The standard InChI is InChI=1S/C9H18F2N2/c1-13-6-2-3-7(13)4-5-8(12)9(10)11/h7-9H,2-6,12H2,1H3. The van der Waals surface area contributed by atoms with Crippen molar-refractivity contribution in [3.05, 3.63) is 0 Å². The second-order valence-corrected chi connectivity index (χ2v) is 3.85.